The molecule has 2 amide bonds. The fourth-order valence-corrected chi connectivity index (χ4v) is 4.10. The minimum Gasteiger partial charge on any atom is -0.477 e. The Hall–Kier alpha value is -3.45. The van der Waals surface area contributed by atoms with E-state index in [1.165, 1.54) is 11.8 Å². The van der Waals surface area contributed by atoms with Gasteiger partial charge in [0.15, 0.2) is 0 Å². The number of hydrogen-bond acceptors (Lipinski definition) is 4. The van der Waals surface area contributed by atoms with Crippen molar-refractivity contribution in [3.05, 3.63) is 71.4 Å². The predicted molar refractivity (Wildman–Crippen MR) is 106 cm³/mol. The average molecular weight is 392 g/mol. The van der Waals surface area contributed by atoms with E-state index in [-0.39, 0.29) is 23.6 Å². The first-order valence-electron chi connectivity index (χ1n) is 9.33. The van der Waals surface area contributed by atoms with Crippen LogP contribution in [0.3, 0.4) is 0 Å². The quantitative estimate of drug-likeness (QED) is 0.677. The topological polar surface area (TPSA) is 107 Å². The normalized spacial score (nSPS) is 21.4. The number of aliphatic hydroxyl groups is 1. The van der Waals surface area contributed by atoms with E-state index >= 15 is 0 Å². The highest BCUT2D eigenvalue weighted by Crippen LogP contribution is 2.46. The lowest BCUT2D eigenvalue weighted by Crippen LogP contribution is -2.61. The van der Waals surface area contributed by atoms with Gasteiger partial charge in [-0.05, 0) is 48.7 Å². The van der Waals surface area contributed by atoms with E-state index in [0.29, 0.717) is 28.8 Å². The molecule has 2 heterocycles. The fourth-order valence-electron chi connectivity index (χ4n) is 4.10. The van der Waals surface area contributed by atoms with E-state index in [0.717, 1.165) is 0 Å². The minimum atomic E-state index is -1.20. The van der Waals surface area contributed by atoms with Gasteiger partial charge in [-0.15, -0.1) is 0 Å². The van der Waals surface area contributed by atoms with Crippen molar-refractivity contribution in [2.45, 2.75) is 25.5 Å². The van der Waals surface area contributed by atoms with Gasteiger partial charge in [-0.1, -0.05) is 30.3 Å². The number of nitrogens with zero attached hydrogens (tertiary/aromatic N) is 1. The summed E-state index contributed by atoms with van der Waals surface area (Å²) in [6, 6.07) is 15.3. The Morgan fingerprint density at radius 2 is 1.86 bits per heavy atom. The molecule has 0 aliphatic carbocycles. The van der Waals surface area contributed by atoms with E-state index in [1.54, 1.807) is 36.4 Å². The molecule has 4 rings (SSSR count). The van der Waals surface area contributed by atoms with Crippen LogP contribution in [0, 0.1) is 5.92 Å². The van der Waals surface area contributed by atoms with Gasteiger partial charge < -0.3 is 20.4 Å². The maximum Gasteiger partial charge on any atom is 0.352 e. The largest absolute Gasteiger partial charge is 0.477 e. The number of rotatable bonds is 5. The molecule has 0 spiro atoms. The highest BCUT2D eigenvalue weighted by atomic mass is 16.4. The van der Waals surface area contributed by atoms with Crippen LogP contribution < -0.4 is 5.32 Å². The molecule has 3 unspecified atom stereocenters. The number of benzene rings is 2. The number of nitrogens with one attached hydrogen (secondary N) is 1. The summed E-state index contributed by atoms with van der Waals surface area (Å²) < 4.78 is 0. The second kappa shape index (κ2) is 7.18. The van der Waals surface area contributed by atoms with Crippen LogP contribution in [0.25, 0.3) is 5.57 Å². The van der Waals surface area contributed by atoms with Gasteiger partial charge in [0.2, 0.25) is 5.91 Å². The molecule has 1 fully saturated rings. The van der Waals surface area contributed by atoms with Crippen LogP contribution in [0.2, 0.25) is 0 Å². The van der Waals surface area contributed by atoms with Gasteiger partial charge in [0.1, 0.15) is 5.70 Å². The second-order valence-corrected chi connectivity index (χ2v) is 7.28. The number of anilines is 1. The zero-order chi connectivity index (χ0) is 20.7. The summed E-state index contributed by atoms with van der Waals surface area (Å²) in [6.07, 6.45) is -0.520. The number of carboxylic acids is 1. The third-order valence-electron chi connectivity index (χ3n) is 5.44. The molecule has 7 nitrogen and oxygen atoms in total. The van der Waals surface area contributed by atoms with Crippen molar-refractivity contribution in [2.75, 3.05) is 5.32 Å². The highest BCUT2D eigenvalue weighted by molar-refractivity contribution is 6.07. The summed E-state index contributed by atoms with van der Waals surface area (Å²) in [5.74, 6) is -2.49. The lowest BCUT2D eigenvalue weighted by Gasteiger charge is -2.44. The Morgan fingerprint density at radius 3 is 2.52 bits per heavy atom. The molecule has 3 atom stereocenters. The van der Waals surface area contributed by atoms with Crippen molar-refractivity contribution in [1.29, 1.82) is 0 Å². The van der Waals surface area contributed by atoms with Crippen LogP contribution in [-0.2, 0) is 9.59 Å². The molecule has 2 aromatic rings. The average Bonchev–Trinajstić information content (AvgIpc) is 3.04. The molecule has 2 aromatic carbocycles. The van der Waals surface area contributed by atoms with E-state index in [1.807, 2.05) is 18.2 Å². The predicted octanol–water partition coefficient (Wildman–Crippen LogP) is 2.35. The minimum absolute atomic E-state index is 0.0717. The number of aliphatic carboxylic acids is 1. The van der Waals surface area contributed by atoms with Crippen LogP contribution in [0.15, 0.2) is 60.3 Å². The summed E-state index contributed by atoms with van der Waals surface area (Å²) in [5, 5.41) is 22.4. The highest BCUT2D eigenvalue weighted by Gasteiger charge is 2.56. The Bertz CT molecular complexity index is 1030. The number of carbonyl (C=O) groups excluding carboxylic acids is 2. The number of para-hydroxylation sites is 1. The molecule has 7 heteroatoms. The summed E-state index contributed by atoms with van der Waals surface area (Å²) >= 11 is 0. The Kier molecular flexibility index (Phi) is 4.68. The van der Waals surface area contributed by atoms with Crippen LogP contribution in [0.1, 0.15) is 29.3 Å². The number of hydrogen-bond donors (Lipinski definition) is 3. The van der Waals surface area contributed by atoms with Gasteiger partial charge in [-0.3, -0.25) is 9.59 Å². The third kappa shape index (κ3) is 3.19. The van der Waals surface area contributed by atoms with Gasteiger partial charge in [0, 0.05) is 11.3 Å². The summed E-state index contributed by atoms with van der Waals surface area (Å²) in [4.78, 5) is 38.1. The van der Waals surface area contributed by atoms with Gasteiger partial charge in [0.05, 0.1) is 18.1 Å². The summed E-state index contributed by atoms with van der Waals surface area (Å²) in [6.45, 7) is 1.53. The molecular weight excluding hydrogens is 372 g/mol. The van der Waals surface area contributed by atoms with Crippen molar-refractivity contribution in [1.82, 2.24) is 4.90 Å². The lowest BCUT2D eigenvalue weighted by molar-refractivity contribution is -0.161. The maximum atomic E-state index is 12.6. The van der Waals surface area contributed by atoms with E-state index in [4.69, 9.17) is 0 Å². The zero-order valence-corrected chi connectivity index (χ0v) is 15.7. The van der Waals surface area contributed by atoms with Crippen molar-refractivity contribution in [2.24, 2.45) is 5.92 Å². The van der Waals surface area contributed by atoms with Crippen LogP contribution >= 0.6 is 0 Å². The monoisotopic (exact) mass is 392 g/mol. The van der Waals surface area contributed by atoms with Crippen LogP contribution in [-0.4, -0.2) is 45.0 Å². The lowest BCUT2D eigenvalue weighted by atomic mass is 9.82. The molecule has 1 saturated heterocycles. The Labute approximate surface area is 167 Å². The van der Waals surface area contributed by atoms with E-state index in [2.05, 4.69) is 5.32 Å². The maximum absolute atomic E-state index is 12.6. The molecular formula is C22H20N2O5. The number of aliphatic hydroxyl groups excluding tert-OH is 1. The third-order valence-corrected chi connectivity index (χ3v) is 5.44. The molecule has 0 saturated carbocycles. The number of β-lactam (4-membered cyclic amide) rings is 1. The summed E-state index contributed by atoms with van der Waals surface area (Å²) in [7, 11) is 0. The standard InChI is InChI=1S/C22H20N2O5/c1-12(25)18-17-11-16(19(22(28)29)24(17)21(18)27)13-6-5-7-14(10-13)20(26)23-15-8-3-2-4-9-15/h2-10,12,17-18,25H,11H2,1H3,(H,23,26)(H,28,29). The smallest absolute Gasteiger partial charge is 0.352 e. The fraction of sp³-hybridized carbons (Fsp3) is 0.227. The first-order valence-corrected chi connectivity index (χ1v) is 9.33. The molecule has 3 N–H and O–H groups in total. The molecule has 29 heavy (non-hydrogen) atoms. The van der Waals surface area contributed by atoms with Crippen LogP contribution in [0.5, 0.6) is 0 Å². The number of carboxylic acid groups (broad SMARTS) is 1. The van der Waals surface area contributed by atoms with Crippen molar-refractivity contribution < 1.29 is 24.6 Å². The summed E-state index contributed by atoms with van der Waals surface area (Å²) in [5.41, 5.74) is 2.04. The van der Waals surface area contributed by atoms with Gasteiger partial charge >= 0.3 is 5.97 Å². The van der Waals surface area contributed by atoms with Crippen molar-refractivity contribution >= 4 is 29.0 Å². The van der Waals surface area contributed by atoms with Gasteiger partial charge in [-0.2, -0.15) is 0 Å². The molecule has 0 aromatic heterocycles. The van der Waals surface area contributed by atoms with Gasteiger partial charge in [-0.25, -0.2) is 4.79 Å². The van der Waals surface area contributed by atoms with E-state index < -0.39 is 18.0 Å². The van der Waals surface area contributed by atoms with Gasteiger partial charge in [0.25, 0.3) is 5.91 Å². The Balaban J connectivity index is 1.65. The van der Waals surface area contributed by atoms with Crippen molar-refractivity contribution in [3.63, 3.8) is 0 Å². The molecule has 0 radical (unpaired) electrons. The SMILES string of the molecule is CC(O)C1C(=O)N2C(C(=O)O)=C(c3cccc(C(=O)Nc4ccccc4)c3)CC12. The molecule has 2 aliphatic heterocycles. The van der Waals surface area contributed by atoms with Crippen LogP contribution in [0.4, 0.5) is 5.69 Å². The zero-order valence-electron chi connectivity index (χ0n) is 15.7. The van der Waals surface area contributed by atoms with E-state index in [9.17, 15) is 24.6 Å². The number of amides is 2. The number of fused-ring (bicyclic) bond motifs is 1. The number of carbonyl (C=O) groups is 3. The Morgan fingerprint density at radius 1 is 1.14 bits per heavy atom. The molecule has 2 aliphatic rings. The molecule has 148 valence electrons. The molecule has 0 bridgehead atoms. The van der Waals surface area contributed by atoms with Crippen molar-refractivity contribution in [3.8, 4) is 0 Å². The first kappa shape index (κ1) is 18.9. The second-order valence-electron chi connectivity index (χ2n) is 7.28. The first-order chi connectivity index (χ1) is 13.9.